The van der Waals surface area contributed by atoms with Gasteiger partial charge in [0.25, 0.3) is 0 Å². The quantitative estimate of drug-likeness (QED) is 0.748. The van der Waals surface area contributed by atoms with Gasteiger partial charge in [0.15, 0.2) is 11.5 Å². The normalized spacial score (nSPS) is 18.0. The molecule has 130 valence electrons. The van der Waals surface area contributed by atoms with Crippen molar-refractivity contribution in [3.05, 3.63) is 24.3 Å². The molecule has 6 nitrogen and oxygen atoms in total. The van der Waals surface area contributed by atoms with E-state index in [4.69, 9.17) is 14.6 Å². The van der Waals surface area contributed by atoms with E-state index in [0.29, 0.717) is 24.5 Å². The SMILES string of the molecule is CC(C)(CCCO)CNS(=O)(=O)CC1COc2ccccc2O1. The topological polar surface area (TPSA) is 84.9 Å². The van der Waals surface area contributed by atoms with Crippen molar-refractivity contribution < 1.29 is 23.0 Å². The lowest BCUT2D eigenvalue weighted by atomic mass is 9.88. The molecule has 1 atom stereocenters. The number of ether oxygens (including phenoxy) is 2. The lowest BCUT2D eigenvalue weighted by Crippen LogP contribution is -2.42. The average molecular weight is 343 g/mol. The predicted octanol–water partition coefficient (Wildman–Crippen LogP) is 1.54. The molecule has 1 aliphatic rings. The van der Waals surface area contributed by atoms with Crippen molar-refractivity contribution in [1.82, 2.24) is 4.72 Å². The van der Waals surface area contributed by atoms with Gasteiger partial charge >= 0.3 is 0 Å². The molecule has 1 unspecified atom stereocenters. The molecule has 0 saturated heterocycles. The summed E-state index contributed by atoms with van der Waals surface area (Å²) in [6.07, 6.45) is 0.885. The van der Waals surface area contributed by atoms with Crippen LogP contribution in [-0.2, 0) is 10.0 Å². The summed E-state index contributed by atoms with van der Waals surface area (Å²) < 4.78 is 38.3. The minimum Gasteiger partial charge on any atom is -0.486 e. The van der Waals surface area contributed by atoms with Gasteiger partial charge in [-0.15, -0.1) is 0 Å². The number of para-hydroxylation sites is 2. The van der Waals surface area contributed by atoms with Crippen LogP contribution in [0, 0.1) is 5.41 Å². The summed E-state index contributed by atoms with van der Waals surface area (Å²) in [7, 11) is -3.46. The summed E-state index contributed by atoms with van der Waals surface area (Å²) in [6.45, 7) is 4.61. The average Bonchev–Trinajstić information content (AvgIpc) is 2.51. The van der Waals surface area contributed by atoms with Crippen molar-refractivity contribution >= 4 is 10.0 Å². The van der Waals surface area contributed by atoms with Crippen LogP contribution in [0.3, 0.4) is 0 Å². The lowest BCUT2D eigenvalue weighted by molar-refractivity contribution is 0.106. The Morgan fingerprint density at radius 2 is 2.00 bits per heavy atom. The molecular weight excluding hydrogens is 318 g/mol. The van der Waals surface area contributed by atoms with Crippen molar-refractivity contribution in [2.45, 2.75) is 32.8 Å². The molecule has 1 aromatic carbocycles. The van der Waals surface area contributed by atoms with E-state index in [0.717, 1.165) is 6.42 Å². The molecular formula is C16H25NO5S. The van der Waals surface area contributed by atoms with Crippen molar-refractivity contribution in [2.24, 2.45) is 5.41 Å². The van der Waals surface area contributed by atoms with E-state index in [1.807, 2.05) is 26.0 Å². The van der Waals surface area contributed by atoms with Gasteiger partial charge < -0.3 is 14.6 Å². The van der Waals surface area contributed by atoms with E-state index in [-0.39, 0.29) is 24.4 Å². The first-order valence-corrected chi connectivity index (χ1v) is 9.43. The Balaban J connectivity index is 1.87. The summed E-state index contributed by atoms with van der Waals surface area (Å²) in [5, 5.41) is 8.89. The Bertz CT molecular complexity index is 615. The van der Waals surface area contributed by atoms with Gasteiger partial charge in [0, 0.05) is 13.2 Å². The van der Waals surface area contributed by atoms with E-state index >= 15 is 0 Å². The minimum atomic E-state index is -3.46. The zero-order valence-corrected chi connectivity index (χ0v) is 14.4. The Morgan fingerprint density at radius 1 is 1.30 bits per heavy atom. The van der Waals surface area contributed by atoms with Gasteiger partial charge in [-0.2, -0.15) is 0 Å². The molecule has 0 saturated carbocycles. The maximum absolute atomic E-state index is 12.2. The Hall–Kier alpha value is -1.31. The summed E-state index contributed by atoms with van der Waals surface area (Å²) in [4.78, 5) is 0. The Labute approximate surface area is 137 Å². The number of benzene rings is 1. The highest BCUT2D eigenvalue weighted by Crippen LogP contribution is 2.31. The van der Waals surface area contributed by atoms with Gasteiger partial charge in [-0.05, 0) is 30.4 Å². The number of sulfonamides is 1. The highest BCUT2D eigenvalue weighted by Gasteiger charge is 2.28. The second-order valence-electron chi connectivity index (χ2n) is 6.59. The van der Waals surface area contributed by atoms with Gasteiger partial charge in [-0.1, -0.05) is 26.0 Å². The number of aliphatic hydroxyl groups excluding tert-OH is 1. The van der Waals surface area contributed by atoms with Crippen molar-refractivity contribution in [1.29, 1.82) is 0 Å². The fraction of sp³-hybridized carbons (Fsp3) is 0.625. The molecule has 0 spiro atoms. The molecule has 0 aliphatic carbocycles. The lowest BCUT2D eigenvalue weighted by Gasteiger charge is -2.28. The number of aliphatic hydroxyl groups is 1. The molecule has 1 heterocycles. The van der Waals surface area contributed by atoms with Gasteiger partial charge in [0.2, 0.25) is 10.0 Å². The molecule has 0 aromatic heterocycles. The predicted molar refractivity (Wildman–Crippen MR) is 88.2 cm³/mol. The molecule has 1 aromatic rings. The van der Waals surface area contributed by atoms with E-state index in [1.54, 1.807) is 12.1 Å². The van der Waals surface area contributed by atoms with Crippen LogP contribution < -0.4 is 14.2 Å². The number of nitrogens with one attached hydrogen (secondary N) is 1. The second kappa shape index (κ2) is 7.51. The van der Waals surface area contributed by atoms with Crippen molar-refractivity contribution in [3.8, 4) is 11.5 Å². The first-order chi connectivity index (χ1) is 10.8. The Morgan fingerprint density at radius 3 is 2.70 bits per heavy atom. The fourth-order valence-corrected chi connectivity index (χ4v) is 3.78. The van der Waals surface area contributed by atoms with Crippen LogP contribution in [0.1, 0.15) is 26.7 Å². The standard InChI is InChI=1S/C16H25NO5S/c1-16(2,8-5-9-18)12-17-23(19,20)11-13-10-21-14-6-3-4-7-15(14)22-13/h3-4,6-7,13,17-18H,5,8-12H2,1-2H3. The van der Waals surface area contributed by atoms with Crippen LogP contribution in [-0.4, -0.2) is 45.1 Å². The van der Waals surface area contributed by atoms with E-state index in [9.17, 15) is 8.42 Å². The summed E-state index contributed by atoms with van der Waals surface area (Å²) in [5.74, 6) is 1.07. The monoisotopic (exact) mass is 343 g/mol. The highest BCUT2D eigenvalue weighted by molar-refractivity contribution is 7.89. The number of hydrogen-bond donors (Lipinski definition) is 2. The van der Waals surface area contributed by atoms with Crippen LogP contribution in [0.4, 0.5) is 0 Å². The highest BCUT2D eigenvalue weighted by atomic mass is 32.2. The summed E-state index contributed by atoms with van der Waals surface area (Å²) >= 11 is 0. The van der Waals surface area contributed by atoms with E-state index in [1.165, 1.54) is 0 Å². The number of rotatable bonds is 8. The van der Waals surface area contributed by atoms with Gasteiger partial charge in [0.05, 0.1) is 0 Å². The largest absolute Gasteiger partial charge is 0.486 e. The number of hydrogen-bond acceptors (Lipinski definition) is 5. The van der Waals surface area contributed by atoms with Gasteiger partial charge in [-0.3, -0.25) is 0 Å². The van der Waals surface area contributed by atoms with Crippen LogP contribution in [0.5, 0.6) is 11.5 Å². The third-order valence-corrected chi connectivity index (χ3v) is 5.15. The Kier molecular flexibility index (Phi) is 5.89. The maximum atomic E-state index is 12.2. The first kappa shape index (κ1) is 18.0. The van der Waals surface area contributed by atoms with Gasteiger partial charge in [0.1, 0.15) is 18.5 Å². The van der Waals surface area contributed by atoms with E-state index < -0.39 is 16.1 Å². The molecule has 2 rings (SSSR count). The number of fused-ring (bicyclic) bond motifs is 1. The minimum absolute atomic E-state index is 0.114. The summed E-state index contributed by atoms with van der Waals surface area (Å²) in [6, 6.07) is 7.22. The smallest absolute Gasteiger partial charge is 0.215 e. The molecule has 7 heteroatoms. The molecule has 0 bridgehead atoms. The molecule has 2 N–H and O–H groups in total. The zero-order valence-electron chi connectivity index (χ0n) is 13.6. The first-order valence-electron chi connectivity index (χ1n) is 7.78. The molecule has 0 fully saturated rings. The van der Waals surface area contributed by atoms with Crippen molar-refractivity contribution in [2.75, 3.05) is 25.5 Å². The van der Waals surface area contributed by atoms with Crippen LogP contribution >= 0.6 is 0 Å². The van der Waals surface area contributed by atoms with Crippen molar-refractivity contribution in [3.63, 3.8) is 0 Å². The zero-order chi connectivity index (χ0) is 16.9. The molecule has 1 aliphatic heterocycles. The molecule has 23 heavy (non-hydrogen) atoms. The summed E-state index contributed by atoms with van der Waals surface area (Å²) in [5.41, 5.74) is -0.202. The van der Waals surface area contributed by atoms with Crippen LogP contribution in [0.15, 0.2) is 24.3 Å². The third-order valence-electron chi connectivity index (χ3n) is 3.76. The molecule has 0 radical (unpaired) electrons. The van der Waals surface area contributed by atoms with Gasteiger partial charge in [-0.25, -0.2) is 13.1 Å². The molecule has 0 amide bonds. The fourth-order valence-electron chi connectivity index (χ4n) is 2.40. The third kappa shape index (κ3) is 5.67. The van der Waals surface area contributed by atoms with Crippen LogP contribution in [0.2, 0.25) is 0 Å². The second-order valence-corrected chi connectivity index (χ2v) is 8.44. The van der Waals surface area contributed by atoms with Crippen LogP contribution in [0.25, 0.3) is 0 Å². The van der Waals surface area contributed by atoms with E-state index in [2.05, 4.69) is 4.72 Å². The maximum Gasteiger partial charge on any atom is 0.215 e.